The topological polar surface area (TPSA) is 114 Å². The highest BCUT2D eigenvalue weighted by Crippen LogP contribution is 2.32. The quantitative estimate of drug-likeness (QED) is 0.683. The maximum Gasteiger partial charge on any atom is 0.316 e. The number of aromatic nitrogens is 1. The summed E-state index contributed by atoms with van der Waals surface area (Å²) in [6.45, 7) is 0. The van der Waals surface area contributed by atoms with Gasteiger partial charge in [-0.05, 0) is 12.1 Å². The van der Waals surface area contributed by atoms with Crippen molar-refractivity contribution >= 4 is 17.6 Å². The van der Waals surface area contributed by atoms with E-state index in [4.69, 9.17) is 11.5 Å². The van der Waals surface area contributed by atoms with Gasteiger partial charge in [-0.15, -0.1) is 0 Å². The second-order valence-electron chi connectivity index (χ2n) is 3.93. The highest BCUT2D eigenvalue weighted by atomic mass is 19.1. The van der Waals surface area contributed by atoms with Crippen molar-refractivity contribution in [1.29, 1.82) is 0 Å². The third kappa shape index (κ3) is 2.44. The van der Waals surface area contributed by atoms with E-state index in [-0.39, 0.29) is 22.5 Å². The average Bonchev–Trinajstić information content (AvgIpc) is 2.80. The minimum Gasteiger partial charge on any atom is -0.366 e. The molecule has 0 bridgehead atoms. The van der Waals surface area contributed by atoms with Crippen molar-refractivity contribution in [3.8, 4) is 11.3 Å². The maximum atomic E-state index is 13.8. The third-order valence-electron chi connectivity index (χ3n) is 2.59. The smallest absolute Gasteiger partial charge is 0.316 e. The van der Waals surface area contributed by atoms with Crippen LogP contribution in [0, 0.1) is 11.6 Å². The Morgan fingerprint density at radius 3 is 2.50 bits per heavy atom. The molecule has 0 radical (unpaired) electrons. The zero-order valence-corrected chi connectivity index (χ0v) is 10.0. The second-order valence-corrected chi connectivity index (χ2v) is 3.93. The SMILES string of the molecule is NC(=O)Nc1c(F)cc(F)cc1-c1[nH]ccc1C(N)=O. The Labute approximate surface area is 111 Å². The molecule has 0 unspecified atom stereocenters. The number of carbonyl (C=O) groups is 2. The number of carbonyl (C=O) groups excluding carboxylic acids is 2. The van der Waals surface area contributed by atoms with Crippen molar-refractivity contribution in [3.05, 3.63) is 41.6 Å². The molecule has 104 valence electrons. The second kappa shape index (κ2) is 5.00. The van der Waals surface area contributed by atoms with E-state index in [1.807, 2.05) is 5.32 Å². The first-order chi connectivity index (χ1) is 9.40. The Hall–Kier alpha value is -2.90. The van der Waals surface area contributed by atoms with Crippen molar-refractivity contribution in [1.82, 2.24) is 4.98 Å². The van der Waals surface area contributed by atoms with Crippen LogP contribution in [-0.2, 0) is 0 Å². The summed E-state index contributed by atoms with van der Waals surface area (Å²) in [7, 11) is 0. The van der Waals surface area contributed by atoms with Gasteiger partial charge < -0.3 is 21.8 Å². The van der Waals surface area contributed by atoms with Gasteiger partial charge in [0.25, 0.3) is 5.91 Å². The fraction of sp³-hybridized carbons (Fsp3) is 0. The first kappa shape index (κ1) is 13.5. The molecule has 3 amide bonds. The predicted molar refractivity (Wildman–Crippen MR) is 67.9 cm³/mol. The molecular weight excluding hydrogens is 270 g/mol. The van der Waals surface area contributed by atoms with Crippen LogP contribution in [-0.4, -0.2) is 16.9 Å². The lowest BCUT2D eigenvalue weighted by molar-refractivity contribution is 0.100. The van der Waals surface area contributed by atoms with Crippen molar-refractivity contribution in [3.63, 3.8) is 0 Å². The van der Waals surface area contributed by atoms with Crippen LogP contribution in [0.4, 0.5) is 19.3 Å². The normalized spacial score (nSPS) is 10.3. The minimum atomic E-state index is -1.02. The number of anilines is 1. The van der Waals surface area contributed by atoms with E-state index in [2.05, 4.69) is 4.98 Å². The van der Waals surface area contributed by atoms with Crippen molar-refractivity contribution in [2.24, 2.45) is 11.5 Å². The molecule has 8 heteroatoms. The van der Waals surface area contributed by atoms with Gasteiger partial charge in [0.15, 0.2) is 0 Å². The summed E-state index contributed by atoms with van der Waals surface area (Å²) in [6, 6.07) is 1.87. The van der Waals surface area contributed by atoms with Gasteiger partial charge in [0.2, 0.25) is 0 Å². The van der Waals surface area contributed by atoms with Crippen LogP contribution in [0.3, 0.4) is 0 Å². The summed E-state index contributed by atoms with van der Waals surface area (Å²) < 4.78 is 27.1. The number of hydrogen-bond acceptors (Lipinski definition) is 2. The molecule has 2 rings (SSSR count). The Morgan fingerprint density at radius 1 is 1.20 bits per heavy atom. The molecular formula is C12H10F2N4O2. The summed E-state index contributed by atoms with van der Waals surface area (Å²) in [5.74, 6) is -2.68. The fourth-order valence-electron chi connectivity index (χ4n) is 1.82. The highest BCUT2D eigenvalue weighted by Gasteiger charge is 2.19. The van der Waals surface area contributed by atoms with Crippen LogP contribution in [0.1, 0.15) is 10.4 Å². The molecule has 0 saturated carbocycles. The maximum absolute atomic E-state index is 13.8. The number of rotatable bonds is 3. The molecule has 1 aromatic carbocycles. The lowest BCUT2D eigenvalue weighted by atomic mass is 10.0. The van der Waals surface area contributed by atoms with Gasteiger partial charge in [-0.1, -0.05) is 0 Å². The summed E-state index contributed by atoms with van der Waals surface area (Å²) in [6.07, 6.45) is 1.38. The molecule has 0 aliphatic heterocycles. The van der Waals surface area contributed by atoms with E-state index >= 15 is 0 Å². The van der Waals surface area contributed by atoms with Crippen LogP contribution in [0.2, 0.25) is 0 Å². The van der Waals surface area contributed by atoms with Gasteiger partial charge in [-0.2, -0.15) is 0 Å². The summed E-state index contributed by atoms with van der Waals surface area (Å²) >= 11 is 0. The fourth-order valence-corrected chi connectivity index (χ4v) is 1.82. The number of amides is 3. The van der Waals surface area contributed by atoms with Gasteiger partial charge in [-0.3, -0.25) is 4.79 Å². The number of halogens is 2. The van der Waals surface area contributed by atoms with Crippen LogP contribution < -0.4 is 16.8 Å². The number of urea groups is 1. The van der Waals surface area contributed by atoms with E-state index in [9.17, 15) is 18.4 Å². The Bertz CT molecular complexity index is 697. The van der Waals surface area contributed by atoms with Gasteiger partial charge in [-0.25, -0.2) is 13.6 Å². The molecule has 0 fully saturated rings. The van der Waals surface area contributed by atoms with Crippen LogP contribution in [0.15, 0.2) is 24.4 Å². The number of nitrogens with one attached hydrogen (secondary N) is 2. The number of nitrogens with two attached hydrogens (primary N) is 2. The third-order valence-corrected chi connectivity index (χ3v) is 2.59. The Kier molecular flexibility index (Phi) is 3.38. The standard InChI is InChI=1S/C12H10F2N4O2/c13-5-3-7(9-6(11(15)19)1-2-17-9)10(8(14)4-5)18-12(16)20/h1-4,17H,(H2,15,19)(H3,16,18,20). The van der Waals surface area contributed by atoms with E-state index in [1.54, 1.807) is 0 Å². The lowest BCUT2D eigenvalue weighted by Crippen LogP contribution is -2.21. The number of H-pyrrole nitrogens is 1. The number of primary amides is 2. The van der Waals surface area contributed by atoms with Gasteiger partial charge >= 0.3 is 6.03 Å². The Balaban J connectivity index is 2.68. The van der Waals surface area contributed by atoms with Gasteiger partial charge in [0.1, 0.15) is 11.6 Å². The molecule has 0 aliphatic carbocycles. The first-order valence-corrected chi connectivity index (χ1v) is 5.43. The summed E-state index contributed by atoms with van der Waals surface area (Å²) in [5.41, 5.74) is 9.80. The van der Waals surface area contributed by atoms with Gasteiger partial charge in [0, 0.05) is 17.8 Å². The zero-order chi connectivity index (χ0) is 14.9. The number of benzene rings is 1. The predicted octanol–water partition coefficient (Wildman–Crippen LogP) is 1.55. The molecule has 20 heavy (non-hydrogen) atoms. The zero-order valence-electron chi connectivity index (χ0n) is 10.0. The van der Waals surface area contributed by atoms with Gasteiger partial charge in [0.05, 0.1) is 16.9 Å². The first-order valence-electron chi connectivity index (χ1n) is 5.43. The molecule has 0 spiro atoms. The molecule has 2 aromatic rings. The van der Waals surface area contributed by atoms with E-state index in [1.165, 1.54) is 12.3 Å². The number of aromatic amines is 1. The lowest BCUT2D eigenvalue weighted by Gasteiger charge is -2.11. The van der Waals surface area contributed by atoms with E-state index < -0.39 is 23.6 Å². The average molecular weight is 280 g/mol. The highest BCUT2D eigenvalue weighted by molar-refractivity contribution is 6.02. The van der Waals surface area contributed by atoms with Crippen molar-refractivity contribution in [2.45, 2.75) is 0 Å². The molecule has 0 saturated heterocycles. The summed E-state index contributed by atoms with van der Waals surface area (Å²) in [5, 5.41) is 2.05. The van der Waals surface area contributed by atoms with Crippen LogP contribution in [0.25, 0.3) is 11.3 Å². The molecule has 0 aliphatic rings. The Morgan fingerprint density at radius 2 is 1.90 bits per heavy atom. The molecule has 1 heterocycles. The summed E-state index contributed by atoms with van der Waals surface area (Å²) in [4.78, 5) is 24.8. The van der Waals surface area contributed by atoms with Crippen LogP contribution in [0.5, 0.6) is 0 Å². The van der Waals surface area contributed by atoms with Crippen molar-refractivity contribution in [2.75, 3.05) is 5.32 Å². The molecule has 6 nitrogen and oxygen atoms in total. The van der Waals surface area contributed by atoms with Crippen LogP contribution >= 0.6 is 0 Å². The largest absolute Gasteiger partial charge is 0.366 e. The molecule has 6 N–H and O–H groups in total. The van der Waals surface area contributed by atoms with E-state index in [0.717, 1.165) is 6.07 Å². The van der Waals surface area contributed by atoms with Crippen molar-refractivity contribution < 1.29 is 18.4 Å². The number of hydrogen-bond donors (Lipinski definition) is 4. The molecule has 0 atom stereocenters. The van der Waals surface area contributed by atoms with E-state index in [0.29, 0.717) is 6.07 Å². The monoisotopic (exact) mass is 280 g/mol. The molecule has 1 aromatic heterocycles. The minimum absolute atomic E-state index is 0.0301.